The molecular formula is C55H35N. The Morgan fingerprint density at radius 2 is 0.732 bits per heavy atom. The van der Waals surface area contributed by atoms with Gasteiger partial charge in [0.2, 0.25) is 0 Å². The Labute approximate surface area is 326 Å². The summed E-state index contributed by atoms with van der Waals surface area (Å²) in [7, 11) is 0. The SMILES string of the molecule is c1ccc(-c2cccc(-n3c4ccccc4c4cc5c(cc43)-c3ccccc3C53c4ccccc4-c4ccccc4-c4ccccc4-c4ccccc43)c2)cc1. The molecule has 0 amide bonds. The summed E-state index contributed by atoms with van der Waals surface area (Å²) in [6, 6.07) is 79.2. The number of benzene rings is 9. The Morgan fingerprint density at radius 1 is 0.268 bits per heavy atom. The molecule has 1 heterocycles. The van der Waals surface area contributed by atoms with E-state index in [4.69, 9.17) is 0 Å². The lowest BCUT2D eigenvalue weighted by molar-refractivity contribution is 0.774. The standard InChI is InChI=1S/C55H35N/c1-2-17-36(18-3-1)37-19-16-20-38(33-37)56-53-32-15-11-28-46(53)48-34-52-47(35-54(48)56)45-27-10-14-31-51(45)55(52)49-29-12-8-25-43(49)41-23-6-4-21-39(41)40-22-5-7-24-42(40)44-26-9-13-30-50(44)55/h1-35H. The predicted molar refractivity (Wildman–Crippen MR) is 233 cm³/mol. The summed E-state index contributed by atoms with van der Waals surface area (Å²) in [5, 5.41) is 2.51. The first kappa shape index (κ1) is 31.2. The van der Waals surface area contributed by atoms with Gasteiger partial charge in [0, 0.05) is 16.5 Å². The lowest BCUT2D eigenvalue weighted by atomic mass is 9.64. The molecule has 9 aromatic carbocycles. The summed E-state index contributed by atoms with van der Waals surface area (Å²) in [4.78, 5) is 0. The summed E-state index contributed by atoms with van der Waals surface area (Å²) in [6.45, 7) is 0. The molecule has 1 spiro atoms. The first-order valence-corrected chi connectivity index (χ1v) is 19.5. The number of rotatable bonds is 2. The van der Waals surface area contributed by atoms with Gasteiger partial charge in [-0.05, 0) is 108 Å². The molecule has 0 saturated carbocycles. The zero-order chi connectivity index (χ0) is 36.8. The predicted octanol–water partition coefficient (Wildman–Crippen LogP) is 14.1. The molecule has 260 valence electrons. The summed E-state index contributed by atoms with van der Waals surface area (Å²) in [6.07, 6.45) is 0. The Balaban J connectivity index is 1.25. The van der Waals surface area contributed by atoms with Crippen LogP contribution in [0.15, 0.2) is 212 Å². The Bertz CT molecular complexity index is 3110. The molecule has 2 aliphatic carbocycles. The fourth-order valence-corrected chi connectivity index (χ4v) is 10.2. The van der Waals surface area contributed by atoms with Gasteiger partial charge in [0.1, 0.15) is 0 Å². The van der Waals surface area contributed by atoms with Crippen molar-refractivity contribution in [3.8, 4) is 61.3 Å². The van der Waals surface area contributed by atoms with Gasteiger partial charge < -0.3 is 4.57 Å². The topological polar surface area (TPSA) is 4.93 Å². The van der Waals surface area contributed by atoms with E-state index in [1.165, 1.54) is 99.7 Å². The number of para-hydroxylation sites is 1. The smallest absolute Gasteiger partial charge is 0.0725 e. The molecule has 10 aromatic rings. The highest BCUT2D eigenvalue weighted by atomic mass is 15.0. The Morgan fingerprint density at radius 3 is 1.34 bits per heavy atom. The van der Waals surface area contributed by atoms with Crippen LogP contribution in [-0.2, 0) is 5.41 Å². The fraction of sp³-hybridized carbons (Fsp3) is 0.0182. The lowest BCUT2D eigenvalue weighted by Crippen LogP contribution is -2.30. The van der Waals surface area contributed by atoms with Crippen molar-refractivity contribution in [2.24, 2.45) is 0 Å². The lowest BCUT2D eigenvalue weighted by Gasteiger charge is -2.37. The minimum Gasteiger partial charge on any atom is -0.309 e. The second-order valence-corrected chi connectivity index (χ2v) is 15.2. The molecule has 0 bridgehead atoms. The summed E-state index contributed by atoms with van der Waals surface area (Å²) < 4.78 is 2.47. The molecule has 1 aromatic heterocycles. The average molecular weight is 710 g/mol. The monoisotopic (exact) mass is 709 g/mol. The van der Waals surface area contributed by atoms with Gasteiger partial charge in [-0.1, -0.05) is 182 Å². The van der Waals surface area contributed by atoms with Crippen LogP contribution in [0.4, 0.5) is 0 Å². The highest BCUT2D eigenvalue weighted by molar-refractivity contribution is 6.12. The molecule has 0 radical (unpaired) electrons. The molecule has 12 rings (SSSR count). The van der Waals surface area contributed by atoms with E-state index in [-0.39, 0.29) is 0 Å². The van der Waals surface area contributed by atoms with E-state index in [0.29, 0.717) is 0 Å². The number of hydrogen-bond donors (Lipinski definition) is 0. The van der Waals surface area contributed by atoms with E-state index in [1.54, 1.807) is 0 Å². The molecule has 0 N–H and O–H groups in total. The van der Waals surface area contributed by atoms with Crippen LogP contribution >= 0.6 is 0 Å². The molecule has 1 nitrogen and oxygen atoms in total. The van der Waals surface area contributed by atoms with Crippen LogP contribution in [0.25, 0.3) is 83.1 Å². The van der Waals surface area contributed by atoms with Gasteiger partial charge in [0.15, 0.2) is 0 Å². The maximum atomic E-state index is 2.55. The van der Waals surface area contributed by atoms with Gasteiger partial charge in [0.25, 0.3) is 0 Å². The number of fused-ring (bicyclic) bond motifs is 17. The molecular weight excluding hydrogens is 675 g/mol. The third kappa shape index (κ3) is 4.20. The normalized spacial score (nSPS) is 13.1. The third-order valence-corrected chi connectivity index (χ3v) is 12.4. The zero-order valence-corrected chi connectivity index (χ0v) is 30.7. The van der Waals surface area contributed by atoms with E-state index in [0.717, 1.165) is 5.69 Å². The third-order valence-electron chi connectivity index (χ3n) is 12.4. The van der Waals surface area contributed by atoms with Gasteiger partial charge in [0.05, 0.1) is 16.4 Å². The van der Waals surface area contributed by atoms with E-state index in [1.807, 2.05) is 0 Å². The first-order chi connectivity index (χ1) is 27.8. The van der Waals surface area contributed by atoms with Crippen LogP contribution < -0.4 is 0 Å². The molecule has 0 atom stereocenters. The summed E-state index contributed by atoms with van der Waals surface area (Å²) in [5.74, 6) is 0. The molecule has 0 unspecified atom stereocenters. The van der Waals surface area contributed by atoms with Crippen LogP contribution in [0.2, 0.25) is 0 Å². The molecule has 0 fully saturated rings. The van der Waals surface area contributed by atoms with Crippen LogP contribution in [0.1, 0.15) is 22.3 Å². The summed E-state index contributed by atoms with van der Waals surface area (Å²) >= 11 is 0. The number of aromatic nitrogens is 1. The van der Waals surface area contributed by atoms with Crippen molar-refractivity contribution >= 4 is 21.8 Å². The minimum atomic E-state index is -0.603. The van der Waals surface area contributed by atoms with E-state index >= 15 is 0 Å². The van der Waals surface area contributed by atoms with Crippen molar-refractivity contribution in [1.29, 1.82) is 0 Å². The van der Waals surface area contributed by atoms with Crippen molar-refractivity contribution in [3.63, 3.8) is 0 Å². The van der Waals surface area contributed by atoms with Crippen LogP contribution in [0, 0.1) is 0 Å². The van der Waals surface area contributed by atoms with Gasteiger partial charge in [-0.15, -0.1) is 0 Å². The van der Waals surface area contributed by atoms with Crippen molar-refractivity contribution < 1.29 is 0 Å². The molecule has 0 aliphatic heterocycles. The minimum absolute atomic E-state index is 0.603. The van der Waals surface area contributed by atoms with Crippen LogP contribution in [0.5, 0.6) is 0 Å². The van der Waals surface area contributed by atoms with Crippen molar-refractivity contribution in [2.75, 3.05) is 0 Å². The summed E-state index contributed by atoms with van der Waals surface area (Å²) in [5.41, 5.74) is 20.7. The van der Waals surface area contributed by atoms with Gasteiger partial charge in [-0.3, -0.25) is 0 Å². The van der Waals surface area contributed by atoms with E-state index in [2.05, 4.69) is 217 Å². The highest BCUT2D eigenvalue weighted by Gasteiger charge is 2.49. The van der Waals surface area contributed by atoms with Gasteiger partial charge in [-0.2, -0.15) is 0 Å². The highest BCUT2D eigenvalue weighted by Crippen LogP contribution is 2.61. The van der Waals surface area contributed by atoms with Crippen LogP contribution in [-0.4, -0.2) is 4.57 Å². The second-order valence-electron chi connectivity index (χ2n) is 15.2. The van der Waals surface area contributed by atoms with Gasteiger partial charge in [-0.25, -0.2) is 0 Å². The van der Waals surface area contributed by atoms with Crippen molar-refractivity contribution in [2.45, 2.75) is 5.41 Å². The first-order valence-electron chi connectivity index (χ1n) is 19.5. The Kier molecular flexibility index (Phi) is 6.62. The number of hydrogen-bond acceptors (Lipinski definition) is 0. The maximum Gasteiger partial charge on any atom is 0.0725 e. The average Bonchev–Trinajstić information content (AvgIpc) is 3.76. The second kappa shape index (κ2) is 11.9. The van der Waals surface area contributed by atoms with Gasteiger partial charge >= 0.3 is 0 Å². The molecule has 56 heavy (non-hydrogen) atoms. The van der Waals surface area contributed by atoms with Crippen molar-refractivity contribution in [1.82, 2.24) is 4.57 Å². The maximum absolute atomic E-state index is 2.55. The number of nitrogens with zero attached hydrogens (tertiary/aromatic N) is 1. The van der Waals surface area contributed by atoms with Crippen molar-refractivity contribution in [3.05, 3.63) is 235 Å². The van der Waals surface area contributed by atoms with Crippen LogP contribution in [0.3, 0.4) is 0 Å². The molecule has 0 saturated heterocycles. The fourth-order valence-electron chi connectivity index (χ4n) is 10.2. The Hall–Kier alpha value is -7.22. The van der Waals surface area contributed by atoms with E-state index < -0.39 is 5.41 Å². The quantitative estimate of drug-likeness (QED) is 0.168. The molecule has 2 aliphatic rings. The largest absolute Gasteiger partial charge is 0.309 e. The van der Waals surface area contributed by atoms with E-state index in [9.17, 15) is 0 Å². The zero-order valence-electron chi connectivity index (χ0n) is 30.7. The molecule has 1 heteroatoms.